The van der Waals surface area contributed by atoms with E-state index in [0.717, 1.165) is 24.9 Å². The highest BCUT2D eigenvalue weighted by molar-refractivity contribution is 5.92. The molecule has 0 aromatic heterocycles. The Morgan fingerprint density at radius 2 is 1.95 bits per heavy atom. The minimum Gasteiger partial charge on any atom is -0.326 e. The van der Waals surface area contributed by atoms with Gasteiger partial charge in [0, 0.05) is 12.1 Å². The van der Waals surface area contributed by atoms with E-state index >= 15 is 0 Å². The van der Waals surface area contributed by atoms with E-state index in [1.807, 2.05) is 6.07 Å². The molecule has 1 N–H and O–H groups in total. The van der Waals surface area contributed by atoms with Gasteiger partial charge in [0.1, 0.15) is 0 Å². The fourth-order valence-electron chi connectivity index (χ4n) is 3.54. The molecule has 0 unspecified atom stereocenters. The van der Waals surface area contributed by atoms with Gasteiger partial charge in [-0.1, -0.05) is 42.5 Å². The molecule has 1 amide bonds. The topological polar surface area (TPSA) is 29.1 Å². The van der Waals surface area contributed by atoms with Crippen LogP contribution in [-0.2, 0) is 11.2 Å². The second kappa shape index (κ2) is 5.45. The fourth-order valence-corrected chi connectivity index (χ4v) is 3.54. The molecule has 0 saturated carbocycles. The Labute approximate surface area is 130 Å². The van der Waals surface area contributed by atoms with E-state index in [9.17, 15) is 4.79 Å². The molecular formula is C20H19NO. The molecule has 0 radical (unpaired) electrons. The normalized spacial score (nSPS) is 18.1. The van der Waals surface area contributed by atoms with Crippen molar-refractivity contribution in [2.24, 2.45) is 5.92 Å². The van der Waals surface area contributed by atoms with Gasteiger partial charge in [0.05, 0.1) is 0 Å². The molecule has 2 aliphatic rings. The van der Waals surface area contributed by atoms with E-state index in [4.69, 9.17) is 0 Å². The summed E-state index contributed by atoms with van der Waals surface area (Å²) in [6, 6.07) is 14.8. The summed E-state index contributed by atoms with van der Waals surface area (Å²) in [6.45, 7) is 0. The van der Waals surface area contributed by atoms with Gasteiger partial charge < -0.3 is 5.32 Å². The summed E-state index contributed by atoms with van der Waals surface area (Å²) in [6.07, 6.45) is 8.10. The van der Waals surface area contributed by atoms with Crippen LogP contribution in [0.3, 0.4) is 0 Å². The van der Waals surface area contributed by atoms with Gasteiger partial charge in [0.2, 0.25) is 5.91 Å². The largest absolute Gasteiger partial charge is 0.326 e. The average Bonchev–Trinajstić information content (AvgIpc) is 3.13. The molecule has 110 valence electrons. The van der Waals surface area contributed by atoms with Crippen molar-refractivity contribution < 1.29 is 4.79 Å². The van der Waals surface area contributed by atoms with Crippen LogP contribution in [0, 0.1) is 5.92 Å². The Kier molecular flexibility index (Phi) is 3.30. The van der Waals surface area contributed by atoms with Gasteiger partial charge in [-0.25, -0.2) is 0 Å². The summed E-state index contributed by atoms with van der Waals surface area (Å²) in [5, 5.41) is 3.05. The summed E-state index contributed by atoms with van der Waals surface area (Å²) in [4.78, 5) is 12.1. The first-order valence-corrected chi connectivity index (χ1v) is 7.97. The Hall–Kier alpha value is -2.35. The first-order chi connectivity index (χ1) is 10.8. The molecule has 2 heteroatoms. The molecule has 0 heterocycles. The Morgan fingerprint density at radius 1 is 1.09 bits per heavy atom. The van der Waals surface area contributed by atoms with Crippen LogP contribution in [-0.4, -0.2) is 5.91 Å². The number of carbonyl (C=O) groups excluding carboxylic acids is 1. The van der Waals surface area contributed by atoms with Crippen molar-refractivity contribution in [3.8, 4) is 11.1 Å². The number of anilines is 1. The fraction of sp³-hybridized carbons (Fsp3) is 0.250. The first-order valence-electron chi connectivity index (χ1n) is 7.97. The van der Waals surface area contributed by atoms with Crippen molar-refractivity contribution in [1.29, 1.82) is 0 Å². The third kappa shape index (κ3) is 2.45. The SMILES string of the molecule is O=C(C[C@@H]1C=CCC1)Nc1ccc2c(c1)Cc1ccccc1-2. The lowest BCUT2D eigenvalue weighted by molar-refractivity contribution is -0.116. The molecule has 22 heavy (non-hydrogen) atoms. The van der Waals surface area contributed by atoms with Crippen LogP contribution < -0.4 is 5.32 Å². The number of benzene rings is 2. The number of rotatable bonds is 3. The predicted molar refractivity (Wildman–Crippen MR) is 89.8 cm³/mol. The standard InChI is InChI=1S/C20H19NO/c22-20(11-14-5-1-2-6-14)21-17-9-10-19-16(13-17)12-15-7-3-4-8-18(15)19/h1,3-5,7-10,13-14H,2,6,11-12H2,(H,21,22)/t14-/m1/s1. The monoisotopic (exact) mass is 289 g/mol. The lowest BCUT2D eigenvalue weighted by Gasteiger charge is -2.10. The van der Waals surface area contributed by atoms with Crippen LogP contribution in [0.5, 0.6) is 0 Å². The van der Waals surface area contributed by atoms with Gasteiger partial charge >= 0.3 is 0 Å². The number of amides is 1. The van der Waals surface area contributed by atoms with Gasteiger partial charge in [0.15, 0.2) is 0 Å². The van der Waals surface area contributed by atoms with E-state index in [1.54, 1.807) is 0 Å². The first kappa shape index (κ1) is 13.3. The Bertz CT molecular complexity index is 760. The Morgan fingerprint density at radius 3 is 2.82 bits per heavy atom. The van der Waals surface area contributed by atoms with E-state index in [2.05, 4.69) is 53.9 Å². The van der Waals surface area contributed by atoms with Crippen molar-refractivity contribution in [3.63, 3.8) is 0 Å². The highest BCUT2D eigenvalue weighted by atomic mass is 16.1. The van der Waals surface area contributed by atoms with Gasteiger partial charge in [-0.2, -0.15) is 0 Å². The maximum Gasteiger partial charge on any atom is 0.224 e. The van der Waals surface area contributed by atoms with Gasteiger partial charge in [-0.15, -0.1) is 0 Å². The smallest absolute Gasteiger partial charge is 0.224 e. The molecule has 0 bridgehead atoms. The van der Waals surface area contributed by atoms with Crippen molar-refractivity contribution >= 4 is 11.6 Å². The predicted octanol–water partition coefficient (Wildman–Crippen LogP) is 4.55. The Balaban J connectivity index is 1.50. The lowest BCUT2D eigenvalue weighted by Crippen LogP contribution is -2.14. The second-order valence-electron chi connectivity index (χ2n) is 6.22. The van der Waals surface area contributed by atoms with Crippen molar-refractivity contribution in [1.82, 2.24) is 0 Å². The minimum atomic E-state index is 0.118. The molecule has 2 nitrogen and oxygen atoms in total. The molecular weight excluding hydrogens is 270 g/mol. The number of carbonyl (C=O) groups is 1. The van der Waals surface area contributed by atoms with E-state index in [1.165, 1.54) is 22.3 Å². The van der Waals surface area contributed by atoms with Crippen LogP contribution >= 0.6 is 0 Å². The quantitative estimate of drug-likeness (QED) is 0.704. The van der Waals surface area contributed by atoms with Crippen LogP contribution in [0.2, 0.25) is 0 Å². The third-order valence-electron chi connectivity index (χ3n) is 4.64. The van der Waals surface area contributed by atoms with Crippen molar-refractivity contribution in [3.05, 3.63) is 65.7 Å². The average molecular weight is 289 g/mol. The number of fused-ring (bicyclic) bond motifs is 3. The van der Waals surface area contributed by atoms with Crippen LogP contribution in [0.1, 0.15) is 30.4 Å². The van der Waals surface area contributed by atoms with Crippen LogP contribution in [0.25, 0.3) is 11.1 Å². The highest BCUT2D eigenvalue weighted by Gasteiger charge is 2.19. The molecule has 0 saturated heterocycles. The van der Waals surface area contributed by atoms with E-state index in [-0.39, 0.29) is 5.91 Å². The maximum absolute atomic E-state index is 12.1. The molecule has 4 rings (SSSR count). The summed E-state index contributed by atoms with van der Waals surface area (Å²) >= 11 is 0. The van der Waals surface area contributed by atoms with E-state index < -0.39 is 0 Å². The van der Waals surface area contributed by atoms with Crippen molar-refractivity contribution in [2.45, 2.75) is 25.7 Å². The molecule has 0 aliphatic heterocycles. The summed E-state index contributed by atoms with van der Waals surface area (Å²) in [5.74, 6) is 0.533. The van der Waals surface area contributed by atoms with Gasteiger partial charge in [-0.3, -0.25) is 4.79 Å². The summed E-state index contributed by atoms with van der Waals surface area (Å²) < 4.78 is 0. The van der Waals surface area contributed by atoms with Gasteiger partial charge in [0.25, 0.3) is 0 Å². The zero-order chi connectivity index (χ0) is 14.9. The van der Waals surface area contributed by atoms with Crippen molar-refractivity contribution in [2.75, 3.05) is 5.32 Å². The summed E-state index contributed by atoms with van der Waals surface area (Å²) in [5.41, 5.74) is 6.22. The zero-order valence-corrected chi connectivity index (χ0v) is 12.5. The molecule has 0 spiro atoms. The number of hydrogen-bond donors (Lipinski definition) is 1. The van der Waals surface area contributed by atoms with Crippen LogP contribution in [0.4, 0.5) is 5.69 Å². The van der Waals surface area contributed by atoms with Gasteiger partial charge in [-0.05, 0) is 59.6 Å². The maximum atomic E-state index is 12.1. The molecule has 1 atom stereocenters. The minimum absolute atomic E-state index is 0.118. The zero-order valence-electron chi connectivity index (χ0n) is 12.5. The molecule has 2 aromatic carbocycles. The summed E-state index contributed by atoms with van der Waals surface area (Å²) in [7, 11) is 0. The molecule has 2 aromatic rings. The highest BCUT2D eigenvalue weighted by Crippen LogP contribution is 2.37. The number of hydrogen-bond acceptors (Lipinski definition) is 1. The third-order valence-corrected chi connectivity index (χ3v) is 4.64. The lowest BCUT2D eigenvalue weighted by atomic mass is 10.0. The molecule has 0 fully saturated rings. The molecule has 2 aliphatic carbocycles. The second-order valence-corrected chi connectivity index (χ2v) is 6.22. The van der Waals surface area contributed by atoms with E-state index in [0.29, 0.717) is 12.3 Å². The number of allylic oxidation sites excluding steroid dienone is 2. The number of nitrogens with one attached hydrogen (secondary N) is 1. The van der Waals surface area contributed by atoms with Crippen LogP contribution in [0.15, 0.2) is 54.6 Å².